The van der Waals surface area contributed by atoms with E-state index < -0.39 is 16.1 Å². The lowest BCUT2D eigenvalue weighted by Gasteiger charge is -2.15. The summed E-state index contributed by atoms with van der Waals surface area (Å²) in [6.45, 7) is -0.146. The van der Waals surface area contributed by atoms with E-state index in [4.69, 9.17) is 9.84 Å². The van der Waals surface area contributed by atoms with Gasteiger partial charge in [0, 0.05) is 7.11 Å². The highest BCUT2D eigenvalue weighted by molar-refractivity contribution is 7.88. The molecule has 6 heteroatoms. The summed E-state index contributed by atoms with van der Waals surface area (Å²) >= 11 is 0. The molecule has 1 rings (SSSR count). The highest BCUT2D eigenvalue weighted by atomic mass is 32.2. The molecule has 1 atom stereocenters. The summed E-state index contributed by atoms with van der Waals surface area (Å²) in [4.78, 5) is 0. The van der Waals surface area contributed by atoms with Crippen LogP contribution >= 0.6 is 0 Å². The number of methoxy groups -OCH3 is 1. The number of rotatable bonds is 7. The Bertz CT molecular complexity index is 418. The molecule has 0 radical (unpaired) electrons. The lowest BCUT2D eigenvalue weighted by atomic mass is 10.2. The molecule has 0 amide bonds. The molecule has 0 aliphatic rings. The van der Waals surface area contributed by atoms with Crippen LogP contribution in [-0.2, 0) is 20.5 Å². The number of sulfonamides is 1. The predicted molar refractivity (Wildman–Crippen MR) is 65.0 cm³/mol. The maximum Gasteiger partial charge on any atom is 0.216 e. The number of nitrogens with one attached hydrogen (secondary N) is 1. The monoisotopic (exact) mass is 259 g/mol. The molecule has 1 aromatic carbocycles. The predicted octanol–water partition coefficient (Wildman–Crippen LogP) is 0.113. The van der Waals surface area contributed by atoms with Gasteiger partial charge in [-0.3, -0.25) is 0 Å². The molecular formula is C11H17NO4S. The molecular weight excluding hydrogens is 242 g/mol. The fraction of sp³-hybridized carbons (Fsp3) is 0.455. The second kappa shape index (κ2) is 6.70. The fourth-order valence-electron chi connectivity index (χ4n) is 1.41. The first-order valence-corrected chi connectivity index (χ1v) is 6.86. The zero-order valence-corrected chi connectivity index (χ0v) is 10.5. The minimum atomic E-state index is -3.46. The normalized spacial score (nSPS) is 13.5. The van der Waals surface area contributed by atoms with Crippen LogP contribution in [0.15, 0.2) is 30.3 Å². The van der Waals surface area contributed by atoms with E-state index in [1.807, 2.05) is 6.07 Å². The zero-order chi connectivity index (χ0) is 12.7. The summed E-state index contributed by atoms with van der Waals surface area (Å²) in [7, 11) is -2.01. The van der Waals surface area contributed by atoms with Crippen molar-refractivity contribution in [3.63, 3.8) is 0 Å². The van der Waals surface area contributed by atoms with Crippen LogP contribution in [0.1, 0.15) is 5.56 Å². The molecule has 0 fully saturated rings. The van der Waals surface area contributed by atoms with E-state index in [1.54, 1.807) is 24.3 Å². The van der Waals surface area contributed by atoms with Gasteiger partial charge in [0.2, 0.25) is 10.0 Å². The van der Waals surface area contributed by atoms with Crippen molar-refractivity contribution in [2.24, 2.45) is 0 Å². The first kappa shape index (κ1) is 14.1. The van der Waals surface area contributed by atoms with E-state index in [0.29, 0.717) is 5.56 Å². The first-order valence-electron chi connectivity index (χ1n) is 5.21. The van der Waals surface area contributed by atoms with Gasteiger partial charge in [-0.2, -0.15) is 0 Å². The van der Waals surface area contributed by atoms with Crippen LogP contribution < -0.4 is 4.72 Å². The van der Waals surface area contributed by atoms with Crippen LogP contribution in [0.4, 0.5) is 0 Å². The lowest BCUT2D eigenvalue weighted by molar-refractivity contribution is 0.139. The van der Waals surface area contributed by atoms with Crippen LogP contribution in [0.2, 0.25) is 0 Å². The van der Waals surface area contributed by atoms with Crippen molar-refractivity contribution in [2.75, 3.05) is 20.3 Å². The van der Waals surface area contributed by atoms with Crippen LogP contribution in [-0.4, -0.2) is 39.9 Å². The summed E-state index contributed by atoms with van der Waals surface area (Å²) in [5.74, 6) is -0.103. The van der Waals surface area contributed by atoms with Gasteiger partial charge < -0.3 is 9.84 Å². The maximum absolute atomic E-state index is 11.8. The fourth-order valence-corrected chi connectivity index (χ4v) is 2.78. The number of aliphatic hydroxyl groups excluding tert-OH is 1. The topological polar surface area (TPSA) is 75.6 Å². The van der Waals surface area contributed by atoms with Gasteiger partial charge in [0.15, 0.2) is 0 Å². The molecule has 0 aromatic heterocycles. The van der Waals surface area contributed by atoms with Gasteiger partial charge in [0.05, 0.1) is 25.0 Å². The molecule has 0 bridgehead atoms. The van der Waals surface area contributed by atoms with Crippen LogP contribution in [0.5, 0.6) is 0 Å². The number of ether oxygens (including phenoxy) is 1. The van der Waals surface area contributed by atoms with Gasteiger partial charge in [-0.25, -0.2) is 13.1 Å². The van der Waals surface area contributed by atoms with Crippen molar-refractivity contribution in [2.45, 2.75) is 11.8 Å². The summed E-state index contributed by atoms with van der Waals surface area (Å²) < 4.78 is 30.7. The second-order valence-corrected chi connectivity index (χ2v) is 5.45. The van der Waals surface area contributed by atoms with Gasteiger partial charge in [0.1, 0.15) is 0 Å². The summed E-state index contributed by atoms with van der Waals surface area (Å²) in [6.07, 6.45) is 0. The van der Waals surface area contributed by atoms with E-state index in [9.17, 15) is 8.42 Å². The van der Waals surface area contributed by atoms with E-state index in [1.165, 1.54) is 7.11 Å². The Morgan fingerprint density at radius 1 is 1.35 bits per heavy atom. The molecule has 0 saturated carbocycles. The third-order valence-electron chi connectivity index (χ3n) is 2.13. The molecule has 96 valence electrons. The van der Waals surface area contributed by atoms with E-state index >= 15 is 0 Å². The Balaban J connectivity index is 2.63. The Morgan fingerprint density at radius 2 is 2.00 bits per heavy atom. The minimum absolute atomic E-state index is 0.103. The quantitative estimate of drug-likeness (QED) is 0.729. The van der Waals surface area contributed by atoms with E-state index in [0.717, 1.165) is 0 Å². The number of hydrogen-bond acceptors (Lipinski definition) is 4. The van der Waals surface area contributed by atoms with E-state index in [-0.39, 0.29) is 19.0 Å². The Kier molecular flexibility index (Phi) is 5.57. The zero-order valence-electron chi connectivity index (χ0n) is 9.67. The van der Waals surface area contributed by atoms with E-state index in [2.05, 4.69) is 4.72 Å². The highest BCUT2D eigenvalue weighted by Gasteiger charge is 2.17. The third-order valence-corrected chi connectivity index (χ3v) is 3.54. The van der Waals surface area contributed by atoms with Gasteiger partial charge >= 0.3 is 0 Å². The standard InChI is InChI=1S/C11H17NO4S/c1-16-8-11(7-13)12-17(14,15)9-10-5-3-2-4-6-10/h2-6,11-13H,7-9H2,1H3. The second-order valence-electron chi connectivity index (χ2n) is 3.70. The Labute approximate surface area is 101 Å². The Hall–Kier alpha value is -0.950. The maximum atomic E-state index is 11.8. The average Bonchev–Trinajstić information content (AvgIpc) is 2.29. The highest BCUT2D eigenvalue weighted by Crippen LogP contribution is 2.04. The SMILES string of the molecule is COCC(CO)NS(=O)(=O)Cc1ccccc1. The van der Waals surface area contributed by atoms with Crippen molar-refractivity contribution in [1.29, 1.82) is 0 Å². The molecule has 0 spiro atoms. The molecule has 1 aromatic rings. The van der Waals surface area contributed by atoms with Crippen molar-refractivity contribution in [3.8, 4) is 0 Å². The first-order chi connectivity index (χ1) is 8.07. The lowest BCUT2D eigenvalue weighted by Crippen LogP contribution is -2.41. The minimum Gasteiger partial charge on any atom is -0.395 e. The largest absolute Gasteiger partial charge is 0.395 e. The summed E-state index contributed by atoms with van der Waals surface area (Å²) in [6, 6.07) is 8.26. The Morgan fingerprint density at radius 3 is 2.53 bits per heavy atom. The van der Waals surface area contributed by atoms with Crippen molar-refractivity contribution in [3.05, 3.63) is 35.9 Å². The molecule has 0 aliphatic carbocycles. The third kappa shape index (κ3) is 5.27. The van der Waals surface area contributed by atoms with Gasteiger partial charge in [-0.1, -0.05) is 30.3 Å². The van der Waals surface area contributed by atoms with Crippen molar-refractivity contribution < 1.29 is 18.3 Å². The van der Waals surface area contributed by atoms with Crippen LogP contribution in [0.25, 0.3) is 0 Å². The molecule has 0 saturated heterocycles. The average molecular weight is 259 g/mol. The van der Waals surface area contributed by atoms with Crippen molar-refractivity contribution in [1.82, 2.24) is 4.72 Å². The molecule has 17 heavy (non-hydrogen) atoms. The summed E-state index contributed by atoms with van der Waals surface area (Å²) in [5, 5.41) is 8.98. The van der Waals surface area contributed by atoms with Gasteiger partial charge in [-0.15, -0.1) is 0 Å². The van der Waals surface area contributed by atoms with Crippen molar-refractivity contribution >= 4 is 10.0 Å². The number of aliphatic hydroxyl groups is 1. The van der Waals surface area contributed by atoms with Gasteiger partial charge in [-0.05, 0) is 5.56 Å². The number of benzene rings is 1. The molecule has 0 heterocycles. The van der Waals surface area contributed by atoms with Crippen LogP contribution in [0, 0.1) is 0 Å². The van der Waals surface area contributed by atoms with Gasteiger partial charge in [0.25, 0.3) is 0 Å². The molecule has 1 unspecified atom stereocenters. The molecule has 2 N–H and O–H groups in total. The smallest absolute Gasteiger partial charge is 0.216 e. The van der Waals surface area contributed by atoms with Crippen LogP contribution in [0.3, 0.4) is 0 Å². The molecule has 0 aliphatic heterocycles. The number of hydrogen-bond donors (Lipinski definition) is 2. The molecule has 5 nitrogen and oxygen atoms in total. The summed E-state index contributed by atoms with van der Waals surface area (Å²) in [5.41, 5.74) is 0.703.